The average molecular weight is 349 g/mol. The van der Waals surface area contributed by atoms with Crippen molar-refractivity contribution in [2.24, 2.45) is 0 Å². The highest BCUT2D eigenvalue weighted by atomic mass is 32.1. The Morgan fingerprint density at radius 2 is 2.38 bits per heavy atom. The lowest BCUT2D eigenvalue weighted by Crippen LogP contribution is -2.42. The number of nitrogens with two attached hydrogens (primary N) is 1. The molecule has 8 nitrogen and oxygen atoms in total. The topological polar surface area (TPSA) is 103 Å². The van der Waals surface area contributed by atoms with Crippen molar-refractivity contribution in [1.82, 2.24) is 10.2 Å². The van der Waals surface area contributed by atoms with Crippen LogP contribution in [0.2, 0.25) is 0 Å². The number of nitrogen functional groups attached to an aromatic ring is 1. The van der Waals surface area contributed by atoms with Crippen molar-refractivity contribution >= 4 is 33.8 Å². The van der Waals surface area contributed by atoms with Crippen molar-refractivity contribution in [2.75, 3.05) is 36.1 Å². The summed E-state index contributed by atoms with van der Waals surface area (Å²) in [4.78, 5) is 14.3. The highest BCUT2D eigenvalue weighted by Gasteiger charge is 2.25. The summed E-state index contributed by atoms with van der Waals surface area (Å²) < 4.78 is 10.8. The minimum atomic E-state index is -0.160. The number of nitrogens with one attached hydrogen (secondary N) is 1. The predicted octanol–water partition coefficient (Wildman–Crippen LogP) is 1.49. The summed E-state index contributed by atoms with van der Waals surface area (Å²) in [6.07, 6.45) is -0.0260. The van der Waals surface area contributed by atoms with Crippen LogP contribution in [-0.2, 0) is 16.1 Å². The first-order chi connectivity index (χ1) is 11.5. The summed E-state index contributed by atoms with van der Waals surface area (Å²) in [6.45, 7) is 3.15. The third kappa shape index (κ3) is 3.74. The smallest absolute Gasteiger partial charge is 0.245 e. The van der Waals surface area contributed by atoms with E-state index >= 15 is 0 Å². The van der Waals surface area contributed by atoms with Crippen molar-refractivity contribution in [2.45, 2.75) is 19.6 Å². The maximum Gasteiger partial charge on any atom is 0.245 e. The normalized spacial score (nSPS) is 16.4. The van der Waals surface area contributed by atoms with Crippen LogP contribution in [-0.4, -0.2) is 42.4 Å². The number of nitrogens with zero attached hydrogens (tertiary/aromatic N) is 3. The van der Waals surface area contributed by atoms with Crippen molar-refractivity contribution in [3.05, 3.63) is 23.2 Å². The second-order valence-electron chi connectivity index (χ2n) is 5.52. The molecule has 0 bridgehead atoms. The monoisotopic (exact) mass is 349 g/mol. The molecule has 1 aliphatic heterocycles. The molecule has 1 atom stereocenters. The number of anilines is 3. The first-order valence-corrected chi connectivity index (χ1v) is 8.29. The molecule has 0 fully saturated rings. The molecule has 1 amide bonds. The zero-order valence-electron chi connectivity index (χ0n) is 13.5. The molecule has 128 valence electrons. The van der Waals surface area contributed by atoms with E-state index in [1.54, 1.807) is 19.2 Å². The van der Waals surface area contributed by atoms with Crippen LogP contribution in [0.15, 0.2) is 18.2 Å². The largest absolute Gasteiger partial charge is 0.487 e. The summed E-state index contributed by atoms with van der Waals surface area (Å²) in [5.74, 6) is 0.534. The molecule has 9 heteroatoms. The maximum atomic E-state index is 12.3. The minimum Gasteiger partial charge on any atom is -0.487 e. The van der Waals surface area contributed by atoms with Crippen LogP contribution in [0.25, 0.3) is 0 Å². The molecule has 0 saturated heterocycles. The summed E-state index contributed by atoms with van der Waals surface area (Å²) in [7, 11) is 1.59. The quantitative estimate of drug-likeness (QED) is 0.788. The molecule has 3 N–H and O–H groups in total. The summed E-state index contributed by atoms with van der Waals surface area (Å²) in [5, 5.41) is 11.8. The Morgan fingerprint density at radius 1 is 1.54 bits per heavy atom. The van der Waals surface area contributed by atoms with Gasteiger partial charge in [0.1, 0.15) is 23.5 Å². The number of amides is 1. The molecule has 1 unspecified atom stereocenters. The van der Waals surface area contributed by atoms with Gasteiger partial charge < -0.3 is 20.1 Å². The minimum absolute atomic E-state index is 0.0260. The van der Waals surface area contributed by atoms with E-state index in [0.717, 1.165) is 5.69 Å². The number of fused-ring (bicyclic) bond motifs is 1. The summed E-state index contributed by atoms with van der Waals surface area (Å²) >= 11 is 1.30. The third-order valence-corrected chi connectivity index (χ3v) is 4.26. The van der Waals surface area contributed by atoms with Gasteiger partial charge in [0, 0.05) is 18.9 Å². The highest BCUT2D eigenvalue weighted by Crippen LogP contribution is 2.34. The molecule has 0 aliphatic carbocycles. The van der Waals surface area contributed by atoms with Gasteiger partial charge in [-0.05, 0) is 19.1 Å². The molecule has 0 radical (unpaired) electrons. The molecule has 1 aliphatic rings. The lowest BCUT2D eigenvalue weighted by molar-refractivity contribution is -0.115. The van der Waals surface area contributed by atoms with Gasteiger partial charge in [-0.1, -0.05) is 11.3 Å². The molecular formula is C15H19N5O3S. The van der Waals surface area contributed by atoms with Crippen LogP contribution in [0.3, 0.4) is 0 Å². The number of benzene rings is 1. The first-order valence-electron chi connectivity index (χ1n) is 7.47. The second kappa shape index (κ2) is 7.02. The molecule has 1 aromatic carbocycles. The van der Waals surface area contributed by atoms with Crippen molar-refractivity contribution in [1.29, 1.82) is 0 Å². The van der Waals surface area contributed by atoms with Crippen molar-refractivity contribution < 1.29 is 14.3 Å². The number of hydrogen-bond acceptors (Lipinski definition) is 8. The van der Waals surface area contributed by atoms with Crippen LogP contribution in [0.5, 0.6) is 5.75 Å². The molecule has 2 heterocycles. The van der Waals surface area contributed by atoms with Crippen molar-refractivity contribution in [3.8, 4) is 5.75 Å². The zero-order chi connectivity index (χ0) is 17.1. The van der Waals surface area contributed by atoms with E-state index in [0.29, 0.717) is 34.7 Å². The Labute approximate surface area is 143 Å². The number of aromatic nitrogens is 2. The Hall–Kier alpha value is -2.39. The van der Waals surface area contributed by atoms with E-state index in [9.17, 15) is 4.79 Å². The lowest BCUT2D eigenvalue weighted by atomic mass is 10.2. The van der Waals surface area contributed by atoms with Gasteiger partial charge in [0.15, 0.2) is 0 Å². The lowest BCUT2D eigenvalue weighted by Gasteiger charge is -2.34. The van der Waals surface area contributed by atoms with Crippen LogP contribution in [0.4, 0.5) is 16.5 Å². The molecular weight excluding hydrogens is 330 g/mol. The van der Waals surface area contributed by atoms with Gasteiger partial charge in [0.2, 0.25) is 11.0 Å². The summed E-state index contributed by atoms with van der Waals surface area (Å²) in [5.41, 5.74) is 7.29. The van der Waals surface area contributed by atoms with Crippen molar-refractivity contribution in [3.63, 3.8) is 0 Å². The number of rotatable bonds is 5. The molecule has 0 saturated carbocycles. The third-order valence-electron chi connectivity index (χ3n) is 3.45. The molecule has 2 aromatic rings. The molecule has 24 heavy (non-hydrogen) atoms. The van der Waals surface area contributed by atoms with Gasteiger partial charge in [0.05, 0.1) is 18.8 Å². The van der Waals surface area contributed by atoms with Gasteiger partial charge in [-0.25, -0.2) is 0 Å². The van der Waals surface area contributed by atoms with E-state index in [4.69, 9.17) is 15.2 Å². The fraction of sp³-hybridized carbons (Fsp3) is 0.400. The maximum absolute atomic E-state index is 12.3. The van der Waals surface area contributed by atoms with E-state index in [-0.39, 0.29) is 18.6 Å². The fourth-order valence-corrected chi connectivity index (χ4v) is 3.24. The van der Waals surface area contributed by atoms with Gasteiger partial charge >= 0.3 is 0 Å². The molecule has 0 spiro atoms. The summed E-state index contributed by atoms with van der Waals surface area (Å²) in [6, 6.07) is 5.44. The van der Waals surface area contributed by atoms with Crippen LogP contribution >= 0.6 is 11.3 Å². The standard InChI is InChI=1S/C15H19N5O3S/c1-9-6-20(11-4-3-10(16)5-12(11)23-9)7-13(21)17-15-19-18-14(24-15)8-22-2/h3-5,9H,6-8,16H2,1-2H3,(H,17,19,21). The van der Waals surface area contributed by atoms with Gasteiger partial charge in [0.25, 0.3) is 0 Å². The van der Waals surface area contributed by atoms with Gasteiger partial charge in [-0.3, -0.25) is 10.1 Å². The average Bonchev–Trinajstić information content (AvgIpc) is 2.94. The SMILES string of the molecule is COCc1nnc(NC(=O)CN2CC(C)Oc3cc(N)ccc32)s1. The number of hydrogen-bond donors (Lipinski definition) is 2. The highest BCUT2D eigenvalue weighted by molar-refractivity contribution is 7.15. The Balaban J connectivity index is 1.68. The van der Waals surface area contributed by atoms with E-state index in [2.05, 4.69) is 15.5 Å². The van der Waals surface area contributed by atoms with Gasteiger partial charge in [-0.15, -0.1) is 10.2 Å². The van der Waals surface area contributed by atoms with Crippen LogP contribution < -0.4 is 20.7 Å². The zero-order valence-corrected chi connectivity index (χ0v) is 14.3. The molecule has 3 rings (SSSR count). The van der Waals surface area contributed by atoms with E-state index in [1.807, 2.05) is 17.9 Å². The Bertz CT molecular complexity index is 736. The van der Waals surface area contributed by atoms with E-state index in [1.165, 1.54) is 11.3 Å². The number of ether oxygens (including phenoxy) is 2. The number of methoxy groups -OCH3 is 1. The van der Waals surface area contributed by atoms with Gasteiger partial charge in [-0.2, -0.15) is 0 Å². The Morgan fingerprint density at radius 3 is 3.17 bits per heavy atom. The second-order valence-corrected chi connectivity index (χ2v) is 6.58. The number of carbonyl (C=O) groups excluding carboxylic acids is 1. The van der Waals surface area contributed by atoms with E-state index < -0.39 is 0 Å². The van der Waals surface area contributed by atoms with Crippen LogP contribution in [0, 0.1) is 0 Å². The predicted molar refractivity (Wildman–Crippen MR) is 92.4 cm³/mol. The fourth-order valence-electron chi connectivity index (χ4n) is 2.52. The number of carbonyl (C=O) groups is 1. The Kier molecular flexibility index (Phi) is 4.81. The van der Waals surface area contributed by atoms with Crippen LogP contribution in [0.1, 0.15) is 11.9 Å². The first kappa shape index (κ1) is 16.5. The molecule has 1 aromatic heterocycles.